The van der Waals surface area contributed by atoms with Crippen LogP contribution in [0.4, 0.5) is 0 Å². The number of nitrogens with zero attached hydrogens (tertiary/aromatic N) is 4. The van der Waals surface area contributed by atoms with E-state index in [2.05, 4.69) is 20.4 Å². The molecule has 6 rings (SSSR count). The summed E-state index contributed by atoms with van der Waals surface area (Å²) in [6.45, 7) is 2.64. The maximum atomic E-state index is 13.0. The number of rotatable bonds is 2. The molecule has 2 aliphatic rings. The molecule has 0 spiro atoms. The molecular weight excluding hydrogens is 416 g/mol. The summed E-state index contributed by atoms with van der Waals surface area (Å²) < 4.78 is 0. The Morgan fingerprint density at radius 1 is 0.903 bits per heavy atom. The lowest BCUT2D eigenvalue weighted by atomic mass is 10.0. The Bertz CT molecular complexity index is 1330. The second kappa shape index (κ2) is 6.81. The van der Waals surface area contributed by atoms with Gasteiger partial charge >= 0.3 is 0 Å². The van der Waals surface area contributed by atoms with Gasteiger partial charge in [0, 0.05) is 59.5 Å². The maximum Gasteiger partial charge on any atom is 0.270 e. The van der Waals surface area contributed by atoms with Gasteiger partial charge in [0.15, 0.2) is 0 Å². The molecule has 2 N–H and O–H groups in total. The zero-order valence-electron chi connectivity index (χ0n) is 16.5. The molecule has 4 aromatic rings. The van der Waals surface area contributed by atoms with Gasteiger partial charge < -0.3 is 14.8 Å². The molecule has 4 heterocycles. The van der Waals surface area contributed by atoms with Crippen molar-refractivity contribution in [3.63, 3.8) is 0 Å². The molecule has 0 aliphatic carbocycles. The molecular formula is C22H19ClN6O2. The molecule has 2 fully saturated rings. The van der Waals surface area contributed by atoms with Crippen molar-refractivity contribution in [1.82, 2.24) is 30.2 Å². The minimum Gasteiger partial charge on any atom is -0.351 e. The summed E-state index contributed by atoms with van der Waals surface area (Å²) in [7, 11) is 0. The first-order chi connectivity index (χ1) is 15.0. The number of halogens is 1. The molecule has 8 nitrogen and oxygen atoms in total. The van der Waals surface area contributed by atoms with E-state index in [1.54, 1.807) is 18.2 Å². The zero-order chi connectivity index (χ0) is 21.1. The van der Waals surface area contributed by atoms with Crippen molar-refractivity contribution in [2.75, 3.05) is 26.2 Å². The molecule has 2 aromatic heterocycles. The zero-order valence-corrected chi connectivity index (χ0v) is 17.3. The fourth-order valence-corrected chi connectivity index (χ4v) is 5.05. The van der Waals surface area contributed by atoms with Crippen LogP contribution in [0.5, 0.6) is 0 Å². The first-order valence-electron chi connectivity index (χ1n) is 10.2. The summed E-state index contributed by atoms with van der Waals surface area (Å²) >= 11 is 6.06. The summed E-state index contributed by atoms with van der Waals surface area (Å²) in [5.74, 6) is 0.589. The average Bonchev–Trinajstić information content (AvgIpc) is 3.53. The highest BCUT2D eigenvalue weighted by Crippen LogP contribution is 2.33. The second-order valence-corrected chi connectivity index (χ2v) is 8.84. The molecule has 2 atom stereocenters. The molecule has 2 amide bonds. The van der Waals surface area contributed by atoms with E-state index in [4.69, 9.17) is 11.6 Å². The molecule has 0 radical (unpaired) electrons. The highest BCUT2D eigenvalue weighted by molar-refractivity contribution is 6.31. The quantitative estimate of drug-likeness (QED) is 0.506. The number of benzene rings is 2. The van der Waals surface area contributed by atoms with Crippen LogP contribution in [0.1, 0.15) is 20.8 Å². The van der Waals surface area contributed by atoms with Gasteiger partial charge in [0.25, 0.3) is 11.8 Å². The number of carbonyl (C=O) groups is 2. The largest absolute Gasteiger partial charge is 0.351 e. The number of hydrogen-bond donors (Lipinski definition) is 2. The summed E-state index contributed by atoms with van der Waals surface area (Å²) in [5, 5.41) is 12.1. The molecule has 156 valence electrons. The van der Waals surface area contributed by atoms with Crippen molar-refractivity contribution >= 4 is 45.4 Å². The van der Waals surface area contributed by atoms with E-state index < -0.39 is 0 Å². The number of H-pyrrole nitrogens is 2. The van der Waals surface area contributed by atoms with E-state index in [0.29, 0.717) is 59.8 Å². The van der Waals surface area contributed by atoms with Gasteiger partial charge in [-0.05, 0) is 42.5 Å². The van der Waals surface area contributed by atoms with Gasteiger partial charge in [-0.2, -0.15) is 0 Å². The number of carbonyl (C=O) groups excluding carboxylic acids is 2. The summed E-state index contributed by atoms with van der Waals surface area (Å²) in [6, 6.07) is 12.8. The summed E-state index contributed by atoms with van der Waals surface area (Å²) in [4.78, 5) is 33.0. The highest BCUT2D eigenvalue weighted by atomic mass is 35.5. The van der Waals surface area contributed by atoms with E-state index in [1.165, 1.54) is 0 Å². The minimum absolute atomic E-state index is 0.00363. The Balaban J connectivity index is 1.15. The smallest absolute Gasteiger partial charge is 0.270 e. The van der Waals surface area contributed by atoms with E-state index in [-0.39, 0.29) is 11.8 Å². The van der Waals surface area contributed by atoms with Crippen molar-refractivity contribution < 1.29 is 9.59 Å². The van der Waals surface area contributed by atoms with Crippen molar-refractivity contribution in [3.05, 3.63) is 58.7 Å². The molecule has 0 bridgehead atoms. The fraction of sp³-hybridized carbons (Fsp3) is 0.273. The Kier molecular flexibility index (Phi) is 4.04. The predicted octanol–water partition coefficient (Wildman–Crippen LogP) is 2.94. The standard InChI is InChI=1S/C22H19ClN6O2/c23-16-2-4-17-13(5-16)7-20(24-17)22(31)29-10-14-8-28(9-15(14)11-29)21(30)12-1-3-18-19(6-12)26-27-25-18/h1-7,14-15,24H,8-11H2,(H,25,26,27)/t14-,15+. The number of hydrogen-bond acceptors (Lipinski definition) is 4. The van der Waals surface area contributed by atoms with Crippen LogP contribution >= 0.6 is 11.6 Å². The first-order valence-corrected chi connectivity index (χ1v) is 10.6. The van der Waals surface area contributed by atoms with Crippen LogP contribution in [0.15, 0.2) is 42.5 Å². The van der Waals surface area contributed by atoms with Gasteiger partial charge in [0.05, 0.1) is 5.52 Å². The minimum atomic E-state index is -0.00363. The normalized spacial score (nSPS) is 20.7. The van der Waals surface area contributed by atoms with Crippen molar-refractivity contribution in [2.45, 2.75) is 0 Å². The van der Waals surface area contributed by atoms with Crippen LogP contribution in [0.2, 0.25) is 5.02 Å². The summed E-state index contributed by atoms with van der Waals surface area (Å²) in [5.41, 5.74) is 3.58. The number of fused-ring (bicyclic) bond motifs is 3. The van der Waals surface area contributed by atoms with Crippen molar-refractivity contribution in [2.24, 2.45) is 11.8 Å². The topological polar surface area (TPSA) is 98.0 Å². The van der Waals surface area contributed by atoms with E-state index in [9.17, 15) is 9.59 Å². The number of likely N-dealkylation sites (tertiary alicyclic amines) is 2. The molecule has 31 heavy (non-hydrogen) atoms. The predicted molar refractivity (Wildman–Crippen MR) is 116 cm³/mol. The first kappa shape index (κ1) is 18.4. The Morgan fingerprint density at radius 2 is 1.61 bits per heavy atom. The third-order valence-corrected chi connectivity index (χ3v) is 6.68. The van der Waals surface area contributed by atoms with Crippen molar-refractivity contribution in [1.29, 1.82) is 0 Å². The number of nitrogens with one attached hydrogen (secondary N) is 2. The lowest BCUT2D eigenvalue weighted by molar-refractivity contribution is 0.0736. The van der Waals surface area contributed by atoms with Gasteiger partial charge in [-0.1, -0.05) is 16.8 Å². The molecule has 0 unspecified atom stereocenters. The van der Waals surface area contributed by atoms with Crippen LogP contribution < -0.4 is 0 Å². The van der Waals surface area contributed by atoms with Crippen LogP contribution in [0.3, 0.4) is 0 Å². The number of aromatic amines is 2. The van der Waals surface area contributed by atoms with Crippen LogP contribution in [0, 0.1) is 11.8 Å². The second-order valence-electron chi connectivity index (χ2n) is 8.40. The SMILES string of the molecule is O=C(c1ccc2[nH]nnc2c1)N1C[C@@H]2CN(C(=O)c3cc4cc(Cl)ccc4[nH]3)C[C@@H]2C1. The molecule has 9 heteroatoms. The van der Waals surface area contributed by atoms with Gasteiger partial charge in [0.2, 0.25) is 0 Å². The van der Waals surface area contributed by atoms with E-state index in [1.807, 2.05) is 34.1 Å². The highest BCUT2D eigenvalue weighted by Gasteiger charge is 2.43. The monoisotopic (exact) mass is 434 g/mol. The average molecular weight is 435 g/mol. The lowest BCUT2D eigenvalue weighted by Crippen LogP contribution is -2.35. The Morgan fingerprint density at radius 3 is 2.39 bits per heavy atom. The fourth-order valence-electron chi connectivity index (χ4n) is 4.87. The molecule has 2 aliphatic heterocycles. The lowest BCUT2D eigenvalue weighted by Gasteiger charge is -2.21. The third kappa shape index (κ3) is 3.06. The Hall–Kier alpha value is -3.39. The van der Waals surface area contributed by atoms with E-state index >= 15 is 0 Å². The summed E-state index contributed by atoms with van der Waals surface area (Å²) in [6.07, 6.45) is 0. The molecule has 0 saturated carbocycles. The van der Waals surface area contributed by atoms with Crippen LogP contribution in [-0.4, -0.2) is 68.2 Å². The number of amides is 2. The third-order valence-electron chi connectivity index (χ3n) is 6.45. The Labute approximate surface area is 182 Å². The number of aromatic nitrogens is 4. The van der Waals surface area contributed by atoms with Gasteiger partial charge in [0.1, 0.15) is 11.2 Å². The van der Waals surface area contributed by atoms with Gasteiger partial charge in [-0.25, -0.2) is 0 Å². The van der Waals surface area contributed by atoms with Gasteiger partial charge in [-0.15, -0.1) is 5.10 Å². The van der Waals surface area contributed by atoms with Gasteiger partial charge in [-0.3, -0.25) is 14.7 Å². The van der Waals surface area contributed by atoms with E-state index in [0.717, 1.165) is 16.4 Å². The van der Waals surface area contributed by atoms with Crippen molar-refractivity contribution in [3.8, 4) is 0 Å². The molecule has 2 saturated heterocycles. The maximum absolute atomic E-state index is 13.0. The van der Waals surface area contributed by atoms with Crippen LogP contribution in [-0.2, 0) is 0 Å². The molecule has 2 aromatic carbocycles. The van der Waals surface area contributed by atoms with Crippen LogP contribution in [0.25, 0.3) is 21.9 Å².